The van der Waals surface area contributed by atoms with Gasteiger partial charge in [-0.3, -0.25) is 4.79 Å². The third kappa shape index (κ3) is 5.43. The number of hydrogen-bond donors (Lipinski definition) is 1. The molecular formula is C29H33ClN4O3S. The number of hydrogen-bond acceptors (Lipinski definition) is 7. The van der Waals surface area contributed by atoms with Crippen molar-refractivity contribution in [2.45, 2.75) is 64.8 Å². The van der Waals surface area contributed by atoms with E-state index in [1.54, 1.807) is 11.8 Å². The van der Waals surface area contributed by atoms with E-state index < -0.39 is 6.04 Å². The number of aromatic nitrogens is 3. The summed E-state index contributed by atoms with van der Waals surface area (Å²) in [5.41, 5.74) is 3.36. The molecule has 0 saturated heterocycles. The van der Waals surface area contributed by atoms with Gasteiger partial charge in [-0.05, 0) is 48.9 Å². The fourth-order valence-corrected chi connectivity index (χ4v) is 5.88. The number of ketones is 1. The summed E-state index contributed by atoms with van der Waals surface area (Å²) < 4.78 is 14.0. The number of halogens is 1. The summed E-state index contributed by atoms with van der Waals surface area (Å²) in [7, 11) is 0. The third-order valence-electron chi connectivity index (χ3n) is 6.67. The molecule has 3 aromatic rings. The van der Waals surface area contributed by atoms with Gasteiger partial charge in [0.25, 0.3) is 0 Å². The Kier molecular flexibility index (Phi) is 7.73. The highest BCUT2D eigenvalue weighted by Crippen LogP contribution is 2.46. The van der Waals surface area contributed by atoms with Crippen molar-refractivity contribution in [2.75, 3.05) is 17.7 Å². The first kappa shape index (κ1) is 26.6. The zero-order chi connectivity index (χ0) is 26.9. The molecule has 1 aliphatic heterocycles. The van der Waals surface area contributed by atoms with Crippen molar-refractivity contribution < 1.29 is 14.3 Å². The second kappa shape index (κ2) is 11.0. The molecule has 1 N–H and O–H groups in total. The summed E-state index contributed by atoms with van der Waals surface area (Å²) in [4.78, 5) is 18.3. The van der Waals surface area contributed by atoms with Crippen molar-refractivity contribution in [1.82, 2.24) is 14.8 Å². The number of allylic oxidation sites excluding steroid dienone is 2. The molecule has 0 bridgehead atoms. The van der Waals surface area contributed by atoms with Crippen LogP contribution < -0.4 is 14.8 Å². The Bertz CT molecular complexity index is 1380. The molecule has 200 valence electrons. The molecule has 2 aliphatic rings. The van der Waals surface area contributed by atoms with Crippen LogP contribution in [0.15, 0.2) is 58.9 Å². The molecule has 38 heavy (non-hydrogen) atoms. The Morgan fingerprint density at radius 3 is 2.71 bits per heavy atom. The molecule has 0 saturated carbocycles. The molecule has 0 radical (unpaired) electrons. The Labute approximate surface area is 233 Å². The molecule has 1 unspecified atom stereocenters. The summed E-state index contributed by atoms with van der Waals surface area (Å²) in [5.74, 6) is 2.96. The Morgan fingerprint density at radius 1 is 1.13 bits per heavy atom. The van der Waals surface area contributed by atoms with E-state index in [0.717, 1.165) is 41.0 Å². The SMILES string of the molecule is CCCSc1nc2n(n1)C(c1ccc(OCc3ccccc3Cl)c(OCC)c1)C1=C(CC(C)(C)CC1=O)N2. The molecule has 2 aromatic carbocycles. The zero-order valence-corrected chi connectivity index (χ0v) is 23.8. The minimum absolute atomic E-state index is 0.123. The first-order valence-electron chi connectivity index (χ1n) is 13.0. The molecule has 2 heterocycles. The lowest BCUT2D eigenvalue weighted by Gasteiger charge is -2.38. The number of thioether (sulfide) groups is 1. The van der Waals surface area contributed by atoms with Gasteiger partial charge in [0.15, 0.2) is 17.3 Å². The van der Waals surface area contributed by atoms with Crippen LogP contribution in [0.4, 0.5) is 5.95 Å². The van der Waals surface area contributed by atoms with Gasteiger partial charge in [-0.25, -0.2) is 4.68 Å². The summed E-state index contributed by atoms with van der Waals surface area (Å²) in [6.07, 6.45) is 2.29. The van der Waals surface area contributed by atoms with Gasteiger partial charge < -0.3 is 14.8 Å². The average molecular weight is 553 g/mol. The number of Topliss-reactive ketones (excluding diaryl/α,β-unsaturated/α-hetero) is 1. The molecule has 0 amide bonds. The fourth-order valence-electron chi connectivity index (χ4n) is 5.01. The number of carbonyl (C=O) groups excluding carboxylic acids is 1. The van der Waals surface area contributed by atoms with Gasteiger partial charge in [-0.15, -0.1) is 5.10 Å². The smallest absolute Gasteiger partial charge is 0.227 e. The van der Waals surface area contributed by atoms with E-state index in [1.807, 2.05) is 54.1 Å². The van der Waals surface area contributed by atoms with E-state index in [2.05, 4.69) is 26.1 Å². The lowest BCUT2D eigenvalue weighted by Crippen LogP contribution is -2.36. The number of anilines is 1. The predicted molar refractivity (Wildman–Crippen MR) is 151 cm³/mol. The molecular weight excluding hydrogens is 520 g/mol. The molecule has 1 atom stereocenters. The summed E-state index contributed by atoms with van der Waals surface area (Å²) in [5, 5.41) is 9.63. The van der Waals surface area contributed by atoms with Crippen LogP contribution in [-0.4, -0.2) is 32.9 Å². The first-order chi connectivity index (χ1) is 18.3. The minimum Gasteiger partial charge on any atom is -0.490 e. The second-order valence-corrected chi connectivity index (χ2v) is 11.9. The number of nitrogens with zero attached hydrogens (tertiary/aromatic N) is 3. The highest BCUT2D eigenvalue weighted by Gasteiger charge is 2.42. The standard InChI is InChI=1S/C29H33ClN4O3S/c1-5-13-38-28-32-27-31-21-15-29(3,4)16-22(35)25(21)26(34(27)33-28)18-11-12-23(24(14-18)36-6-2)37-17-19-9-7-8-10-20(19)30/h7-12,14,26H,5-6,13,15-17H2,1-4H3,(H,31,32,33). The van der Waals surface area contributed by atoms with E-state index in [-0.39, 0.29) is 11.2 Å². The van der Waals surface area contributed by atoms with Crippen LogP contribution in [0.3, 0.4) is 0 Å². The number of nitrogens with one attached hydrogen (secondary N) is 1. The van der Waals surface area contributed by atoms with Gasteiger partial charge in [0.2, 0.25) is 11.1 Å². The third-order valence-corrected chi connectivity index (χ3v) is 8.08. The average Bonchev–Trinajstić information content (AvgIpc) is 3.28. The number of benzene rings is 2. The van der Waals surface area contributed by atoms with E-state index in [4.69, 9.17) is 31.2 Å². The lowest BCUT2D eigenvalue weighted by molar-refractivity contribution is -0.118. The summed E-state index contributed by atoms with van der Waals surface area (Å²) in [6, 6.07) is 13.1. The minimum atomic E-state index is -0.398. The lowest BCUT2D eigenvalue weighted by atomic mass is 9.73. The van der Waals surface area contributed by atoms with E-state index in [0.29, 0.717) is 47.3 Å². The maximum absolute atomic E-state index is 13.6. The van der Waals surface area contributed by atoms with Gasteiger partial charge in [0.05, 0.1) is 6.61 Å². The van der Waals surface area contributed by atoms with Crippen LogP contribution >= 0.6 is 23.4 Å². The molecule has 5 rings (SSSR count). The van der Waals surface area contributed by atoms with Crippen LogP contribution in [0.1, 0.15) is 64.1 Å². The van der Waals surface area contributed by atoms with Gasteiger partial charge in [-0.2, -0.15) is 4.98 Å². The first-order valence-corrected chi connectivity index (χ1v) is 14.4. The van der Waals surface area contributed by atoms with Crippen molar-refractivity contribution in [3.63, 3.8) is 0 Å². The van der Waals surface area contributed by atoms with Crippen molar-refractivity contribution >= 4 is 35.1 Å². The topological polar surface area (TPSA) is 78.3 Å². The van der Waals surface area contributed by atoms with Crippen molar-refractivity contribution in [3.8, 4) is 11.5 Å². The van der Waals surface area contributed by atoms with Crippen molar-refractivity contribution in [1.29, 1.82) is 0 Å². The van der Waals surface area contributed by atoms with Gasteiger partial charge >= 0.3 is 0 Å². The number of ether oxygens (including phenoxy) is 2. The molecule has 1 aromatic heterocycles. The van der Waals surface area contributed by atoms with Crippen molar-refractivity contribution in [3.05, 3.63) is 69.9 Å². The van der Waals surface area contributed by atoms with Crippen LogP contribution in [0, 0.1) is 5.41 Å². The van der Waals surface area contributed by atoms with Gasteiger partial charge in [0, 0.05) is 34.0 Å². The van der Waals surface area contributed by atoms with Crippen LogP contribution in [-0.2, 0) is 11.4 Å². The Balaban J connectivity index is 1.54. The maximum atomic E-state index is 13.6. The number of fused-ring (bicyclic) bond motifs is 1. The molecule has 9 heteroatoms. The van der Waals surface area contributed by atoms with Gasteiger partial charge in [-0.1, -0.05) is 68.4 Å². The fraction of sp³-hybridized carbons (Fsp3) is 0.414. The largest absolute Gasteiger partial charge is 0.490 e. The summed E-state index contributed by atoms with van der Waals surface area (Å²) in [6.45, 7) is 9.13. The second-order valence-electron chi connectivity index (χ2n) is 10.4. The Morgan fingerprint density at radius 2 is 1.95 bits per heavy atom. The number of carbonyl (C=O) groups is 1. The van der Waals surface area contributed by atoms with Crippen LogP contribution in [0.25, 0.3) is 0 Å². The van der Waals surface area contributed by atoms with Crippen molar-refractivity contribution in [2.24, 2.45) is 5.41 Å². The summed E-state index contributed by atoms with van der Waals surface area (Å²) >= 11 is 7.95. The van der Waals surface area contributed by atoms with E-state index in [9.17, 15) is 4.79 Å². The normalized spacial score (nSPS) is 18.0. The highest BCUT2D eigenvalue weighted by molar-refractivity contribution is 7.99. The molecule has 0 fully saturated rings. The maximum Gasteiger partial charge on any atom is 0.227 e. The predicted octanol–water partition coefficient (Wildman–Crippen LogP) is 7.07. The quantitative estimate of drug-likeness (QED) is 0.284. The molecule has 0 spiro atoms. The highest BCUT2D eigenvalue weighted by atomic mass is 35.5. The van der Waals surface area contributed by atoms with Gasteiger partial charge in [0.1, 0.15) is 12.6 Å². The molecule has 1 aliphatic carbocycles. The van der Waals surface area contributed by atoms with Crippen LogP contribution in [0.5, 0.6) is 11.5 Å². The molecule has 7 nitrogen and oxygen atoms in total. The number of rotatable bonds is 9. The van der Waals surface area contributed by atoms with E-state index >= 15 is 0 Å². The van der Waals surface area contributed by atoms with E-state index in [1.165, 1.54) is 0 Å². The zero-order valence-electron chi connectivity index (χ0n) is 22.2. The monoisotopic (exact) mass is 552 g/mol. The Hall–Kier alpha value is -2.97. The van der Waals surface area contributed by atoms with Crippen LogP contribution in [0.2, 0.25) is 5.02 Å².